The number of benzene rings is 2. The second kappa shape index (κ2) is 9.38. The van der Waals surface area contributed by atoms with Gasteiger partial charge in [-0.3, -0.25) is 9.36 Å². The molecule has 0 bridgehead atoms. The van der Waals surface area contributed by atoms with E-state index in [1.165, 1.54) is 31.2 Å². The third-order valence-electron chi connectivity index (χ3n) is 7.25. The maximum atomic E-state index is 14.3. The summed E-state index contributed by atoms with van der Waals surface area (Å²) in [7, 11) is 1.66. The van der Waals surface area contributed by atoms with Crippen LogP contribution >= 0.6 is 11.8 Å². The van der Waals surface area contributed by atoms with Crippen molar-refractivity contribution < 1.29 is 4.74 Å². The molecule has 2 aliphatic carbocycles. The number of hydrogen-bond donors (Lipinski definition) is 0. The number of methoxy groups -OCH3 is 1. The molecule has 2 aromatic carbocycles. The molecular formula is C28H32N2O2S. The lowest BCUT2D eigenvalue weighted by Gasteiger charge is -2.36. The van der Waals surface area contributed by atoms with Crippen molar-refractivity contribution in [3.63, 3.8) is 0 Å². The van der Waals surface area contributed by atoms with Crippen molar-refractivity contribution >= 4 is 11.8 Å². The minimum Gasteiger partial charge on any atom is -0.497 e. The van der Waals surface area contributed by atoms with Crippen LogP contribution in [0.3, 0.4) is 0 Å². The van der Waals surface area contributed by atoms with Crippen LogP contribution in [0.4, 0.5) is 0 Å². The summed E-state index contributed by atoms with van der Waals surface area (Å²) in [6.45, 7) is 2.22. The lowest BCUT2D eigenvalue weighted by atomic mass is 9.68. The normalized spacial score (nSPS) is 15.9. The quantitative estimate of drug-likeness (QED) is 0.228. The predicted octanol–water partition coefficient (Wildman–Crippen LogP) is 6.56. The van der Waals surface area contributed by atoms with Gasteiger partial charge >= 0.3 is 0 Å². The van der Waals surface area contributed by atoms with Crippen LogP contribution in [-0.2, 0) is 11.8 Å². The summed E-state index contributed by atoms with van der Waals surface area (Å²) in [6, 6.07) is 16.4. The molecule has 1 spiro atoms. The second-order valence-electron chi connectivity index (χ2n) is 9.33. The standard InChI is InChI=1S/C28H32N2O2S/c1-3-4-9-18-33-27-29-25-23-11-6-5-10-20(23)19-28(16-7-8-17-28)24(25)26(31)30(27)21-12-14-22(32-2)15-13-21/h5-6,10-15H,3-4,7-9,16-19H2,1-2H3. The summed E-state index contributed by atoms with van der Waals surface area (Å²) >= 11 is 1.71. The molecule has 2 aliphatic rings. The highest BCUT2D eigenvalue weighted by molar-refractivity contribution is 7.99. The van der Waals surface area contributed by atoms with Crippen molar-refractivity contribution in [2.24, 2.45) is 0 Å². The summed E-state index contributed by atoms with van der Waals surface area (Å²) in [5, 5.41) is 0.796. The van der Waals surface area contributed by atoms with Crippen LogP contribution in [0, 0.1) is 0 Å². The van der Waals surface area contributed by atoms with Gasteiger partial charge in [-0.25, -0.2) is 4.98 Å². The van der Waals surface area contributed by atoms with E-state index in [0.29, 0.717) is 0 Å². The van der Waals surface area contributed by atoms with Crippen LogP contribution in [0.15, 0.2) is 58.5 Å². The van der Waals surface area contributed by atoms with Gasteiger partial charge in [0.25, 0.3) is 5.56 Å². The molecule has 0 unspecified atom stereocenters. The van der Waals surface area contributed by atoms with Crippen molar-refractivity contribution in [2.75, 3.05) is 12.9 Å². The van der Waals surface area contributed by atoms with Crippen LogP contribution in [-0.4, -0.2) is 22.4 Å². The highest BCUT2D eigenvalue weighted by Crippen LogP contribution is 2.50. The van der Waals surface area contributed by atoms with Gasteiger partial charge in [0.1, 0.15) is 5.75 Å². The smallest absolute Gasteiger partial charge is 0.263 e. The highest BCUT2D eigenvalue weighted by atomic mass is 32.2. The van der Waals surface area contributed by atoms with Crippen LogP contribution in [0.1, 0.15) is 63.0 Å². The van der Waals surface area contributed by atoms with Gasteiger partial charge in [-0.1, -0.05) is 68.6 Å². The summed E-state index contributed by atoms with van der Waals surface area (Å²) in [4.78, 5) is 19.6. The van der Waals surface area contributed by atoms with Gasteiger partial charge in [0.2, 0.25) is 0 Å². The molecule has 5 heteroatoms. The Bertz CT molecular complexity index is 1190. The van der Waals surface area contributed by atoms with E-state index in [1.54, 1.807) is 18.9 Å². The molecule has 1 heterocycles. The molecule has 0 aliphatic heterocycles. The Balaban J connectivity index is 1.72. The maximum absolute atomic E-state index is 14.3. The van der Waals surface area contributed by atoms with E-state index >= 15 is 0 Å². The first kappa shape index (κ1) is 22.3. The number of aromatic nitrogens is 2. The number of ether oxygens (including phenoxy) is 1. The van der Waals surface area contributed by atoms with Gasteiger partial charge in [0.15, 0.2) is 5.16 Å². The molecule has 1 saturated carbocycles. The number of thioether (sulfide) groups is 1. The first-order chi connectivity index (χ1) is 16.2. The van der Waals surface area contributed by atoms with E-state index in [2.05, 4.69) is 31.2 Å². The Morgan fingerprint density at radius 1 is 1.06 bits per heavy atom. The van der Waals surface area contributed by atoms with E-state index < -0.39 is 0 Å². The first-order valence-electron chi connectivity index (χ1n) is 12.2. The number of fused-ring (bicyclic) bond motifs is 4. The van der Waals surface area contributed by atoms with Gasteiger partial charge in [0, 0.05) is 16.7 Å². The zero-order chi connectivity index (χ0) is 22.8. The lowest BCUT2D eigenvalue weighted by Crippen LogP contribution is -2.40. The Kier molecular flexibility index (Phi) is 6.33. The summed E-state index contributed by atoms with van der Waals surface area (Å²) in [5.41, 5.74) is 5.22. The van der Waals surface area contributed by atoms with Crippen LogP contribution in [0.25, 0.3) is 16.9 Å². The average Bonchev–Trinajstić information content (AvgIpc) is 3.30. The molecule has 0 radical (unpaired) electrons. The number of rotatable bonds is 7. The summed E-state index contributed by atoms with van der Waals surface area (Å²) in [6.07, 6.45) is 8.92. The lowest BCUT2D eigenvalue weighted by molar-refractivity contribution is 0.414. The van der Waals surface area contributed by atoms with Crippen molar-refractivity contribution in [1.82, 2.24) is 9.55 Å². The van der Waals surface area contributed by atoms with E-state index in [0.717, 1.165) is 64.9 Å². The van der Waals surface area contributed by atoms with Crippen LogP contribution in [0.2, 0.25) is 0 Å². The van der Waals surface area contributed by atoms with Gasteiger partial charge < -0.3 is 4.74 Å². The van der Waals surface area contributed by atoms with E-state index in [9.17, 15) is 4.79 Å². The van der Waals surface area contributed by atoms with Crippen molar-refractivity contribution in [3.05, 3.63) is 70.0 Å². The second-order valence-corrected chi connectivity index (χ2v) is 10.4. The third kappa shape index (κ3) is 4.01. The van der Waals surface area contributed by atoms with Gasteiger partial charge in [-0.15, -0.1) is 0 Å². The molecule has 3 aromatic rings. The van der Waals surface area contributed by atoms with Gasteiger partial charge in [-0.2, -0.15) is 0 Å². The van der Waals surface area contributed by atoms with Gasteiger partial charge in [-0.05, 0) is 55.5 Å². The fraction of sp³-hybridized carbons (Fsp3) is 0.429. The zero-order valence-corrected chi connectivity index (χ0v) is 20.4. The molecule has 0 N–H and O–H groups in total. The monoisotopic (exact) mass is 460 g/mol. The topological polar surface area (TPSA) is 44.1 Å². The average molecular weight is 461 g/mol. The molecule has 33 heavy (non-hydrogen) atoms. The minimum atomic E-state index is -0.0899. The van der Waals surface area contributed by atoms with Crippen LogP contribution in [0.5, 0.6) is 5.75 Å². The molecule has 0 amide bonds. The number of unbranched alkanes of at least 4 members (excludes halogenated alkanes) is 2. The minimum absolute atomic E-state index is 0.0899. The van der Waals surface area contributed by atoms with Gasteiger partial charge in [0.05, 0.1) is 24.1 Å². The summed E-state index contributed by atoms with van der Waals surface area (Å²) < 4.78 is 7.22. The van der Waals surface area contributed by atoms with E-state index in [-0.39, 0.29) is 11.0 Å². The molecule has 1 fully saturated rings. The Morgan fingerprint density at radius 2 is 1.82 bits per heavy atom. The molecule has 5 rings (SSSR count). The fourth-order valence-electron chi connectivity index (χ4n) is 5.58. The van der Waals surface area contributed by atoms with E-state index in [4.69, 9.17) is 9.72 Å². The van der Waals surface area contributed by atoms with Crippen molar-refractivity contribution in [3.8, 4) is 22.7 Å². The largest absolute Gasteiger partial charge is 0.497 e. The Morgan fingerprint density at radius 3 is 2.55 bits per heavy atom. The molecular weight excluding hydrogens is 428 g/mol. The van der Waals surface area contributed by atoms with Crippen LogP contribution < -0.4 is 10.3 Å². The summed E-state index contributed by atoms with van der Waals surface area (Å²) in [5.74, 6) is 1.75. The molecule has 4 nitrogen and oxygen atoms in total. The SMILES string of the molecule is CCCCCSc1nc2c(c(=O)n1-c1ccc(OC)cc1)C1(CCCC1)Cc1ccccc1-2. The number of nitrogens with zero attached hydrogens (tertiary/aromatic N) is 2. The van der Waals surface area contributed by atoms with Crippen molar-refractivity contribution in [1.29, 1.82) is 0 Å². The third-order valence-corrected chi connectivity index (χ3v) is 8.28. The molecule has 0 atom stereocenters. The van der Waals surface area contributed by atoms with E-state index in [1.807, 2.05) is 28.8 Å². The number of hydrogen-bond acceptors (Lipinski definition) is 4. The molecule has 0 saturated heterocycles. The Hall–Kier alpha value is -2.53. The molecule has 1 aromatic heterocycles. The maximum Gasteiger partial charge on any atom is 0.263 e. The van der Waals surface area contributed by atoms with Crippen molar-refractivity contribution in [2.45, 2.75) is 68.9 Å². The fourth-order valence-corrected chi connectivity index (χ4v) is 6.59. The Labute approximate surface area is 200 Å². The highest BCUT2D eigenvalue weighted by Gasteiger charge is 2.44. The first-order valence-corrected chi connectivity index (χ1v) is 13.2. The molecule has 172 valence electrons. The zero-order valence-electron chi connectivity index (χ0n) is 19.6. The predicted molar refractivity (Wildman–Crippen MR) is 136 cm³/mol.